The molecule has 1 atom stereocenters. The van der Waals surface area contributed by atoms with Gasteiger partial charge < -0.3 is 10.2 Å². The molecule has 2 rings (SSSR count). The number of Topliss-reactive ketones (excluding diaryl/α,β-unsaturated/α-hetero) is 1. The fraction of sp³-hybridized carbons (Fsp3) is 0.700. The van der Waals surface area contributed by atoms with Crippen molar-refractivity contribution in [3.63, 3.8) is 0 Å². The number of nitrogens with one attached hydrogen (secondary N) is 1. The van der Waals surface area contributed by atoms with Gasteiger partial charge in [-0.05, 0) is 13.5 Å². The van der Waals surface area contributed by atoms with Crippen LogP contribution in [0, 0.1) is 10.1 Å². The first kappa shape index (κ1) is 11.8. The largest absolute Gasteiger partial charge is 0.353 e. The van der Waals surface area contributed by atoms with Crippen molar-refractivity contribution in [1.29, 1.82) is 0 Å². The molecule has 1 saturated heterocycles. The first-order valence-corrected chi connectivity index (χ1v) is 5.72. The van der Waals surface area contributed by atoms with Crippen LogP contribution in [-0.2, 0) is 4.79 Å². The molecule has 2 aliphatic heterocycles. The van der Waals surface area contributed by atoms with Crippen LogP contribution in [0.2, 0.25) is 0 Å². The van der Waals surface area contributed by atoms with Crippen molar-refractivity contribution >= 4 is 5.78 Å². The van der Waals surface area contributed by atoms with E-state index in [0.29, 0.717) is 19.0 Å². The van der Waals surface area contributed by atoms with Gasteiger partial charge in [-0.3, -0.25) is 19.8 Å². The standard InChI is InChI=1S/C10H16N4O3/c1-3-12-4-5-13-7(2)9(15)8(14(16)17)10(13)11-6-12/h7,11H,3-6H2,1-2H3. The fourth-order valence-electron chi connectivity index (χ4n) is 2.24. The zero-order chi connectivity index (χ0) is 12.6. The maximum Gasteiger partial charge on any atom is 0.353 e. The third-order valence-electron chi connectivity index (χ3n) is 3.35. The van der Waals surface area contributed by atoms with Crippen LogP contribution in [0.4, 0.5) is 0 Å². The summed E-state index contributed by atoms with van der Waals surface area (Å²) in [5, 5.41) is 13.9. The second-order valence-electron chi connectivity index (χ2n) is 4.23. The fourth-order valence-corrected chi connectivity index (χ4v) is 2.24. The van der Waals surface area contributed by atoms with Crippen molar-refractivity contribution in [1.82, 2.24) is 15.1 Å². The molecule has 1 N–H and O–H groups in total. The van der Waals surface area contributed by atoms with Crippen LogP contribution in [0.5, 0.6) is 0 Å². The molecule has 0 aromatic rings. The summed E-state index contributed by atoms with van der Waals surface area (Å²) >= 11 is 0. The minimum absolute atomic E-state index is 0.296. The van der Waals surface area contributed by atoms with E-state index in [0.717, 1.165) is 13.1 Å². The van der Waals surface area contributed by atoms with E-state index in [4.69, 9.17) is 0 Å². The van der Waals surface area contributed by atoms with E-state index in [1.807, 2.05) is 6.92 Å². The topological polar surface area (TPSA) is 78.7 Å². The van der Waals surface area contributed by atoms with Gasteiger partial charge in [-0.25, -0.2) is 0 Å². The number of rotatable bonds is 2. The predicted octanol–water partition coefficient (Wildman–Crippen LogP) is -0.412. The van der Waals surface area contributed by atoms with Gasteiger partial charge in [0.05, 0.1) is 17.6 Å². The summed E-state index contributed by atoms with van der Waals surface area (Å²) in [6.45, 7) is 6.61. The zero-order valence-electron chi connectivity index (χ0n) is 9.97. The van der Waals surface area contributed by atoms with Gasteiger partial charge in [0.2, 0.25) is 0 Å². The van der Waals surface area contributed by atoms with Gasteiger partial charge in [0.1, 0.15) is 0 Å². The molecule has 7 heteroatoms. The van der Waals surface area contributed by atoms with E-state index < -0.39 is 16.7 Å². The van der Waals surface area contributed by atoms with Crippen molar-refractivity contribution in [2.24, 2.45) is 0 Å². The van der Waals surface area contributed by atoms with E-state index in [2.05, 4.69) is 10.2 Å². The Morgan fingerprint density at radius 1 is 1.53 bits per heavy atom. The van der Waals surface area contributed by atoms with E-state index in [9.17, 15) is 14.9 Å². The molecule has 1 fully saturated rings. The highest BCUT2D eigenvalue weighted by Gasteiger charge is 2.45. The summed E-state index contributed by atoms with van der Waals surface area (Å²) < 4.78 is 0. The van der Waals surface area contributed by atoms with Gasteiger partial charge in [0.15, 0.2) is 5.82 Å². The molecule has 0 amide bonds. The number of carbonyl (C=O) groups excluding carboxylic acids is 1. The molecule has 0 aliphatic carbocycles. The lowest BCUT2D eigenvalue weighted by atomic mass is 10.2. The van der Waals surface area contributed by atoms with Crippen LogP contribution in [0.3, 0.4) is 0 Å². The van der Waals surface area contributed by atoms with Gasteiger partial charge in [-0.2, -0.15) is 0 Å². The van der Waals surface area contributed by atoms with Crippen LogP contribution < -0.4 is 5.32 Å². The first-order chi connectivity index (χ1) is 8.06. The zero-order valence-corrected chi connectivity index (χ0v) is 9.97. The Hall–Kier alpha value is -1.63. The number of carbonyl (C=O) groups is 1. The lowest BCUT2D eigenvalue weighted by Crippen LogP contribution is -2.36. The Kier molecular flexibility index (Phi) is 3.01. The Morgan fingerprint density at radius 2 is 2.24 bits per heavy atom. The smallest absolute Gasteiger partial charge is 0.353 e. The quantitative estimate of drug-likeness (QED) is 0.522. The average molecular weight is 240 g/mol. The molecule has 17 heavy (non-hydrogen) atoms. The number of ketones is 1. The molecule has 7 nitrogen and oxygen atoms in total. The van der Waals surface area contributed by atoms with Crippen molar-refractivity contribution < 1.29 is 9.72 Å². The second kappa shape index (κ2) is 4.33. The van der Waals surface area contributed by atoms with Crippen LogP contribution in [0.15, 0.2) is 11.5 Å². The highest BCUT2D eigenvalue weighted by molar-refractivity contribution is 6.00. The Balaban J connectivity index is 2.32. The third kappa shape index (κ3) is 1.86. The normalized spacial score (nSPS) is 25.6. The van der Waals surface area contributed by atoms with E-state index in [1.165, 1.54) is 0 Å². The number of nitrogens with zero attached hydrogens (tertiary/aromatic N) is 3. The monoisotopic (exact) mass is 240 g/mol. The van der Waals surface area contributed by atoms with Crippen molar-refractivity contribution in [3.05, 3.63) is 21.6 Å². The van der Waals surface area contributed by atoms with E-state index in [-0.39, 0.29) is 5.70 Å². The van der Waals surface area contributed by atoms with Crippen molar-refractivity contribution in [2.75, 3.05) is 26.3 Å². The molecule has 0 radical (unpaired) electrons. The summed E-state index contributed by atoms with van der Waals surface area (Å²) in [5.74, 6) is -0.0223. The summed E-state index contributed by atoms with van der Waals surface area (Å²) in [7, 11) is 0. The summed E-state index contributed by atoms with van der Waals surface area (Å²) in [5.41, 5.74) is -0.296. The molecule has 0 bridgehead atoms. The van der Waals surface area contributed by atoms with E-state index >= 15 is 0 Å². The van der Waals surface area contributed by atoms with Gasteiger partial charge in [0, 0.05) is 13.1 Å². The summed E-state index contributed by atoms with van der Waals surface area (Å²) in [6, 6.07) is -0.435. The Bertz CT molecular complexity index is 393. The van der Waals surface area contributed by atoms with Crippen LogP contribution in [-0.4, -0.2) is 52.9 Å². The number of nitro groups is 1. The van der Waals surface area contributed by atoms with Gasteiger partial charge in [0.25, 0.3) is 5.78 Å². The van der Waals surface area contributed by atoms with Gasteiger partial charge in [-0.15, -0.1) is 0 Å². The van der Waals surface area contributed by atoms with Crippen molar-refractivity contribution in [2.45, 2.75) is 19.9 Å². The summed E-state index contributed by atoms with van der Waals surface area (Å²) in [6.07, 6.45) is 0. The number of fused-ring (bicyclic) bond motifs is 1. The number of hydrogen-bond donors (Lipinski definition) is 1. The maximum atomic E-state index is 11.8. The van der Waals surface area contributed by atoms with Gasteiger partial charge >= 0.3 is 5.70 Å². The van der Waals surface area contributed by atoms with Crippen LogP contribution in [0.25, 0.3) is 0 Å². The predicted molar refractivity (Wildman–Crippen MR) is 60.4 cm³/mol. The molecular weight excluding hydrogens is 224 g/mol. The van der Waals surface area contributed by atoms with Crippen LogP contribution >= 0.6 is 0 Å². The molecule has 0 saturated carbocycles. The Morgan fingerprint density at radius 3 is 2.82 bits per heavy atom. The molecule has 0 spiro atoms. The highest BCUT2D eigenvalue weighted by Crippen LogP contribution is 2.25. The minimum atomic E-state index is -0.581. The molecule has 0 aromatic heterocycles. The minimum Gasteiger partial charge on any atom is -0.353 e. The van der Waals surface area contributed by atoms with Crippen molar-refractivity contribution in [3.8, 4) is 0 Å². The highest BCUT2D eigenvalue weighted by atomic mass is 16.6. The molecule has 2 heterocycles. The average Bonchev–Trinajstić information content (AvgIpc) is 2.46. The maximum absolute atomic E-state index is 11.8. The SMILES string of the molecule is CCN1CCN2C(=C([N+](=O)[O-])C(=O)C2C)NC1. The Labute approximate surface area is 99.2 Å². The number of likely N-dealkylation sites (N-methyl/N-ethyl adjacent to an activating group) is 1. The van der Waals surface area contributed by atoms with E-state index in [1.54, 1.807) is 11.8 Å². The molecule has 2 aliphatic rings. The molecule has 1 unspecified atom stereocenters. The lowest BCUT2D eigenvalue weighted by Gasteiger charge is -2.22. The lowest BCUT2D eigenvalue weighted by molar-refractivity contribution is -0.419. The molecule has 0 aromatic carbocycles. The molecule has 94 valence electrons. The first-order valence-electron chi connectivity index (χ1n) is 5.72. The second-order valence-corrected chi connectivity index (χ2v) is 4.23. The van der Waals surface area contributed by atoms with Crippen LogP contribution in [0.1, 0.15) is 13.8 Å². The molecular formula is C10H16N4O3. The number of hydrogen-bond acceptors (Lipinski definition) is 6. The third-order valence-corrected chi connectivity index (χ3v) is 3.35. The van der Waals surface area contributed by atoms with Gasteiger partial charge in [-0.1, -0.05) is 6.92 Å². The summed E-state index contributed by atoms with van der Waals surface area (Å²) in [4.78, 5) is 26.1.